The van der Waals surface area contributed by atoms with Crippen molar-refractivity contribution < 1.29 is 13.2 Å². The lowest BCUT2D eigenvalue weighted by atomic mass is 10.1. The second-order valence-corrected chi connectivity index (χ2v) is 10.0. The molecule has 148 valence electrons. The van der Waals surface area contributed by atoms with E-state index in [-0.39, 0.29) is 23.5 Å². The molecule has 0 unspecified atom stereocenters. The molecule has 1 aromatic heterocycles. The molecule has 0 spiro atoms. The fourth-order valence-electron chi connectivity index (χ4n) is 3.92. The molecule has 0 bridgehead atoms. The Morgan fingerprint density at radius 1 is 1.32 bits per heavy atom. The first-order valence-corrected chi connectivity index (χ1v) is 11.6. The first kappa shape index (κ1) is 19.2. The summed E-state index contributed by atoms with van der Waals surface area (Å²) >= 11 is 6.43. The van der Waals surface area contributed by atoms with Gasteiger partial charge in [0.25, 0.3) is 0 Å². The second kappa shape index (κ2) is 7.37. The Morgan fingerprint density at radius 3 is 2.86 bits per heavy atom. The molecular formula is C20H22ClN3O3S. The van der Waals surface area contributed by atoms with E-state index in [1.54, 1.807) is 17.7 Å². The molecule has 0 radical (unpaired) electrons. The van der Waals surface area contributed by atoms with Gasteiger partial charge in [-0.05, 0) is 61.9 Å². The summed E-state index contributed by atoms with van der Waals surface area (Å²) in [6, 6.07) is 5.78. The summed E-state index contributed by atoms with van der Waals surface area (Å²) in [6.07, 6.45) is 6.89. The minimum absolute atomic E-state index is 0.0514. The normalized spacial score (nSPS) is 20.6. The lowest BCUT2D eigenvalue weighted by Gasteiger charge is -2.09. The summed E-state index contributed by atoms with van der Waals surface area (Å²) in [5, 5.41) is 7.64. The van der Waals surface area contributed by atoms with Gasteiger partial charge in [0.05, 0.1) is 23.2 Å². The van der Waals surface area contributed by atoms with Gasteiger partial charge in [-0.1, -0.05) is 17.7 Å². The van der Waals surface area contributed by atoms with Crippen LogP contribution in [0.2, 0.25) is 5.15 Å². The zero-order chi connectivity index (χ0) is 19.9. The molecule has 8 heteroatoms. The van der Waals surface area contributed by atoms with Crippen LogP contribution in [0.25, 0.3) is 6.08 Å². The zero-order valence-corrected chi connectivity index (χ0v) is 17.2. The highest BCUT2D eigenvalue weighted by molar-refractivity contribution is 7.91. The smallest absolute Gasteiger partial charge is 0.248 e. The number of sulfone groups is 1. The fraction of sp³-hybridized carbons (Fsp3) is 0.400. The number of halogens is 1. The molecular weight excluding hydrogens is 398 g/mol. The number of rotatable bonds is 4. The highest BCUT2D eigenvalue weighted by Crippen LogP contribution is 2.30. The monoisotopic (exact) mass is 419 g/mol. The Kier molecular flexibility index (Phi) is 5.05. The van der Waals surface area contributed by atoms with Gasteiger partial charge in [-0.15, -0.1) is 0 Å². The Balaban J connectivity index is 1.48. The third kappa shape index (κ3) is 3.86. The summed E-state index contributed by atoms with van der Waals surface area (Å²) in [4.78, 5) is 12.3. The molecule has 28 heavy (non-hydrogen) atoms. The summed E-state index contributed by atoms with van der Waals surface area (Å²) < 4.78 is 25.0. The van der Waals surface area contributed by atoms with Crippen LogP contribution in [0.5, 0.6) is 0 Å². The van der Waals surface area contributed by atoms with Gasteiger partial charge in [-0.25, -0.2) is 13.1 Å². The third-order valence-corrected chi connectivity index (χ3v) is 7.52. The Bertz CT molecular complexity index is 1070. The van der Waals surface area contributed by atoms with Crippen LogP contribution in [-0.2, 0) is 27.5 Å². The van der Waals surface area contributed by atoms with Crippen molar-refractivity contribution in [3.05, 3.63) is 51.8 Å². The molecule has 2 aromatic rings. The largest absolute Gasteiger partial charge is 0.323 e. The van der Waals surface area contributed by atoms with Gasteiger partial charge < -0.3 is 5.32 Å². The number of nitrogens with one attached hydrogen (secondary N) is 1. The zero-order valence-electron chi connectivity index (χ0n) is 15.6. The van der Waals surface area contributed by atoms with Crippen molar-refractivity contribution >= 4 is 39.1 Å². The van der Waals surface area contributed by atoms with Crippen LogP contribution in [0, 0.1) is 6.92 Å². The predicted octanol–water partition coefficient (Wildman–Crippen LogP) is 3.35. The van der Waals surface area contributed by atoms with Crippen molar-refractivity contribution in [1.29, 1.82) is 0 Å². The molecule has 0 saturated carbocycles. The van der Waals surface area contributed by atoms with Gasteiger partial charge >= 0.3 is 0 Å². The van der Waals surface area contributed by atoms with Crippen molar-refractivity contribution in [1.82, 2.24) is 9.78 Å². The van der Waals surface area contributed by atoms with Gasteiger partial charge in [0.15, 0.2) is 9.84 Å². The number of carbonyl (C=O) groups is 1. The number of aryl methyl sites for hydroxylation is 3. The van der Waals surface area contributed by atoms with E-state index in [0.29, 0.717) is 22.8 Å². The highest BCUT2D eigenvalue weighted by Gasteiger charge is 2.31. The van der Waals surface area contributed by atoms with Crippen LogP contribution in [0.3, 0.4) is 0 Å². The number of fused-ring (bicyclic) bond motifs is 1. The number of benzene rings is 1. The van der Waals surface area contributed by atoms with Crippen molar-refractivity contribution in [3.8, 4) is 0 Å². The van der Waals surface area contributed by atoms with E-state index in [1.807, 2.05) is 12.1 Å². The average Bonchev–Trinajstić information content (AvgIpc) is 3.31. The Morgan fingerprint density at radius 2 is 2.11 bits per heavy atom. The number of amides is 1. The number of nitrogens with zero attached hydrogens (tertiary/aromatic N) is 2. The molecule has 1 aliphatic heterocycles. The SMILES string of the molecule is Cc1nn([C@@H]2CCS(=O)(=O)C2)c(Cl)c1/C=C/C(=O)Nc1ccc2c(c1)CCC2. The van der Waals surface area contributed by atoms with Crippen molar-refractivity contribution in [2.75, 3.05) is 16.8 Å². The first-order valence-electron chi connectivity index (χ1n) is 9.38. The molecule has 6 nitrogen and oxygen atoms in total. The first-order chi connectivity index (χ1) is 13.3. The van der Waals surface area contributed by atoms with Crippen molar-refractivity contribution in [3.63, 3.8) is 0 Å². The van der Waals surface area contributed by atoms with Crippen molar-refractivity contribution in [2.24, 2.45) is 0 Å². The molecule has 1 atom stereocenters. The fourth-order valence-corrected chi connectivity index (χ4v) is 5.99. The van der Waals surface area contributed by atoms with Gasteiger partial charge in [0.2, 0.25) is 5.91 Å². The molecule has 1 fully saturated rings. The molecule has 2 heterocycles. The third-order valence-electron chi connectivity index (χ3n) is 5.39. The minimum atomic E-state index is -3.03. The summed E-state index contributed by atoms with van der Waals surface area (Å²) in [5.74, 6) is -0.0403. The van der Waals surface area contributed by atoms with E-state index in [9.17, 15) is 13.2 Å². The number of aromatic nitrogens is 2. The summed E-state index contributed by atoms with van der Waals surface area (Å²) in [7, 11) is -3.03. The average molecular weight is 420 g/mol. The van der Waals surface area contributed by atoms with Crippen LogP contribution in [0.4, 0.5) is 5.69 Å². The van der Waals surface area contributed by atoms with E-state index in [2.05, 4.69) is 16.5 Å². The van der Waals surface area contributed by atoms with E-state index in [4.69, 9.17) is 11.6 Å². The van der Waals surface area contributed by atoms with Crippen LogP contribution in [-0.4, -0.2) is 35.6 Å². The minimum Gasteiger partial charge on any atom is -0.323 e. The topological polar surface area (TPSA) is 81.1 Å². The lowest BCUT2D eigenvalue weighted by Crippen LogP contribution is -2.12. The standard InChI is InChI=1S/C20H22ClN3O3S/c1-13-18(20(21)24(23-13)17-9-10-28(26,27)12-17)7-8-19(25)22-16-6-5-14-3-2-4-15(14)11-16/h5-8,11,17H,2-4,9-10,12H2,1H3,(H,22,25)/b8-7+/t17-/m1/s1. The second-order valence-electron chi connectivity index (χ2n) is 7.45. The summed E-state index contributed by atoms with van der Waals surface area (Å²) in [5.41, 5.74) is 4.74. The number of hydrogen-bond donors (Lipinski definition) is 1. The molecule has 1 N–H and O–H groups in total. The molecule has 1 amide bonds. The van der Waals surface area contributed by atoms with Gasteiger partial charge in [-0.2, -0.15) is 5.10 Å². The van der Waals surface area contributed by atoms with Crippen LogP contribution >= 0.6 is 11.6 Å². The summed E-state index contributed by atoms with van der Waals surface area (Å²) in [6.45, 7) is 1.80. The lowest BCUT2D eigenvalue weighted by molar-refractivity contribution is -0.111. The van der Waals surface area contributed by atoms with E-state index >= 15 is 0 Å². The van der Waals surface area contributed by atoms with Crippen LogP contribution < -0.4 is 5.32 Å². The van der Waals surface area contributed by atoms with Crippen LogP contribution in [0.1, 0.15) is 41.3 Å². The van der Waals surface area contributed by atoms with Gasteiger partial charge in [0.1, 0.15) is 5.15 Å². The van der Waals surface area contributed by atoms with Gasteiger partial charge in [0, 0.05) is 17.3 Å². The van der Waals surface area contributed by atoms with Gasteiger partial charge in [-0.3, -0.25) is 4.79 Å². The molecule has 2 aliphatic rings. The molecule has 1 saturated heterocycles. The van der Waals surface area contributed by atoms with E-state index in [0.717, 1.165) is 24.9 Å². The Labute approximate surface area is 169 Å². The maximum absolute atomic E-state index is 12.3. The quantitative estimate of drug-likeness (QED) is 0.770. The van der Waals surface area contributed by atoms with E-state index in [1.165, 1.54) is 17.2 Å². The number of hydrogen-bond acceptors (Lipinski definition) is 4. The number of carbonyl (C=O) groups excluding carboxylic acids is 1. The molecule has 4 rings (SSSR count). The maximum Gasteiger partial charge on any atom is 0.248 e. The van der Waals surface area contributed by atoms with E-state index < -0.39 is 9.84 Å². The highest BCUT2D eigenvalue weighted by atomic mass is 35.5. The Hall–Kier alpha value is -2.12. The molecule has 1 aromatic carbocycles. The number of anilines is 1. The maximum atomic E-state index is 12.3. The predicted molar refractivity (Wildman–Crippen MR) is 110 cm³/mol. The molecule has 1 aliphatic carbocycles. The van der Waals surface area contributed by atoms with Crippen molar-refractivity contribution in [2.45, 2.75) is 38.6 Å². The van der Waals surface area contributed by atoms with Crippen LogP contribution in [0.15, 0.2) is 24.3 Å².